The van der Waals surface area contributed by atoms with Crippen LogP contribution < -0.4 is 0 Å². The van der Waals surface area contributed by atoms with E-state index in [1.807, 2.05) is 39.8 Å². The normalized spacial score (nSPS) is 37.0. The Hall–Kier alpha value is -2.05. The molecule has 0 amide bonds. The molecule has 2 fully saturated rings. The van der Waals surface area contributed by atoms with E-state index in [9.17, 15) is 29.7 Å². The van der Waals surface area contributed by atoms with Crippen LogP contribution in [0.4, 0.5) is 0 Å². The number of aliphatic hydroxyl groups is 3. The molecule has 5 atom stereocenters. The number of ketones is 3. The maximum atomic E-state index is 14.5. The first-order valence-corrected chi connectivity index (χ1v) is 12.3. The lowest BCUT2D eigenvalue weighted by molar-refractivity contribution is -0.168. The second-order valence-corrected chi connectivity index (χ2v) is 11.9. The summed E-state index contributed by atoms with van der Waals surface area (Å²) in [6, 6.07) is 0. The molecule has 0 bridgehead atoms. The summed E-state index contributed by atoms with van der Waals surface area (Å²) in [5.74, 6) is -2.91. The lowest BCUT2D eigenvalue weighted by Gasteiger charge is -2.54. The molecule has 0 aliphatic heterocycles. The van der Waals surface area contributed by atoms with Gasteiger partial charge in [-0.1, -0.05) is 23.3 Å². The monoisotopic (exact) mass is 472 g/mol. The van der Waals surface area contributed by atoms with Gasteiger partial charge in [-0.25, -0.2) is 0 Å². The Bertz CT molecular complexity index is 980. The van der Waals surface area contributed by atoms with E-state index in [1.165, 1.54) is 6.92 Å². The lowest BCUT2D eigenvalue weighted by Crippen LogP contribution is -2.62. The predicted octanol–water partition coefficient (Wildman–Crippen LogP) is 4.55. The van der Waals surface area contributed by atoms with Crippen LogP contribution in [0.1, 0.15) is 87.0 Å². The van der Waals surface area contributed by atoms with Gasteiger partial charge in [-0.2, -0.15) is 0 Å². The molecule has 34 heavy (non-hydrogen) atoms. The highest BCUT2D eigenvalue weighted by Gasteiger charge is 2.68. The maximum absolute atomic E-state index is 14.5. The summed E-state index contributed by atoms with van der Waals surface area (Å²) >= 11 is 0. The van der Waals surface area contributed by atoms with Gasteiger partial charge in [-0.05, 0) is 98.8 Å². The molecule has 0 unspecified atom stereocenters. The average Bonchev–Trinajstić information content (AvgIpc) is 3.01. The van der Waals surface area contributed by atoms with Crippen LogP contribution in [-0.4, -0.2) is 43.9 Å². The Morgan fingerprint density at radius 1 is 0.941 bits per heavy atom. The highest BCUT2D eigenvalue weighted by atomic mass is 16.3. The van der Waals surface area contributed by atoms with E-state index in [0.717, 1.165) is 11.1 Å². The van der Waals surface area contributed by atoms with Gasteiger partial charge in [0, 0.05) is 0 Å². The van der Waals surface area contributed by atoms with Gasteiger partial charge in [0.05, 0.1) is 22.2 Å². The SMILES string of the molecule is CC(=O)C1=C(O)[C@@]2(C[C@H]3[C@@H](CC[C@@]3(C)O)[C@](C)(O)C2)C(=O)C(CC=C(C)C)(CC=C(C)C)C1=O. The van der Waals surface area contributed by atoms with E-state index in [4.69, 9.17) is 0 Å². The van der Waals surface area contributed by atoms with Crippen molar-refractivity contribution in [3.63, 3.8) is 0 Å². The summed E-state index contributed by atoms with van der Waals surface area (Å²) in [6.45, 7) is 12.1. The van der Waals surface area contributed by atoms with E-state index in [1.54, 1.807) is 13.8 Å². The number of allylic oxidation sites excluding steroid dienone is 6. The second-order valence-electron chi connectivity index (χ2n) is 11.9. The minimum absolute atomic E-state index is 0.0859. The first-order chi connectivity index (χ1) is 15.5. The van der Waals surface area contributed by atoms with Crippen LogP contribution in [-0.2, 0) is 14.4 Å². The topological polar surface area (TPSA) is 112 Å². The third-order valence-electron chi connectivity index (χ3n) is 8.56. The number of rotatable bonds is 5. The lowest BCUT2D eigenvalue weighted by atomic mass is 9.48. The summed E-state index contributed by atoms with van der Waals surface area (Å²) in [5, 5.41) is 34.1. The molecule has 3 rings (SSSR count). The van der Waals surface area contributed by atoms with Crippen LogP contribution >= 0.6 is 0 Å². The van der Waals surface area contributed by atoms with Crippen molar-refractivity contribution in [3.05, 3.63) is 34.6 Å². The fourth-order valence-electron chi connectivity index (χ4n) is 6.71. The van der Waals surface area contributed by atoms with Gasteiger partial charge >= 0.3 is 0 Å². The highest BCUT2D eigenvalue weighted by Crippen LogP contribution is 2.63. The predicted molar refractivity (Wildman–Crippen MR) is 130 cm³/mol. The Kier molecular flexibility index (Phi) is 6.68. The van der Waals surface area contributed by atoms with Crippen LogP contribution in [0.25, 0.3) is 0 Å². The summed E-state index contributed by atoms with van der Waals surface area (Å²) in [5.41, 5.74) is -4.12. The summed E-state index contributed by atoms with van der Waals surface area (Å²) in [7, 11) is 0. The van der Waals surface area contributed by atoms with Crippen molar-refractivity contribution in [2.24, 2.45) is 22.7 Å². The number of hydrogen-bond donors (Lipinski definition) is 3. The zero-order valence-electron chi connectivity index (χ0n) is 21.6. The first kappa shape index (κ1) is 26.6. The summed E-state index contributed by atoms with van der Waals surface area (Å²) < 4.78 is 0. The van der Waals surface area contributed by atoms with Crippen LogP contribution in [0, 0.1) is 22.7 Å². The molecule has 0 aromatic heterocycles. The molecule has 0 radical (unpaired) electrons. The minimum Gasteiger partial charge on any atom is -0.510 e. The highest BCUT2D eigenvalue weighted by molar-refractivity contribution is 6.30. The van der Waals surface area contributed by atoms with Crippen molar-refractivity contribution in [1.29, 1.82) is 0 Å². The van der Waals surface area contributed by atoms with Crippen LogP contribution in [0.15, 0.2) is 34.6 Å². The van der Waals surface area contributed by atoms with Crippen molar-refractivity contribution < 1.29 is 29.7 Å². The van der Waals surface area contributed by atoms with Gasteiger partial charge in [0.25, 0.3) is 0 Å². The smallest absolute Gasteiger partial charge is 0.184 e. The van der Waals surface area contributed by atoms with Crippen molar-refractivity contribution in [2.45, 2.75) is 98.2 Å². The third kappa shape index (κ3) is 4.03. The quantitative estimate of drug-likeness (QED) is 0.308. The zero-order valence-corrected chi connectivity index (χ0v) is 21.6. The Morgan fingerprint density at radius 3 is 1.94 bits per heavy atom. The summed E-state index contributed by atoms with van der Waals surface area (Å²) in [6.07, 6.45) is 4.98. The Balaban J connectivity index is 2.33. The van der Waals surface area contributed by atoms with E-state index in [-0.39, 0.29) is 37.2 Å². The molecule has 188 valence electrons. The molecule has 6 nitrogen and oxygen atoms in total. The van der Waals surface area contributed by atoms with Crippen molar-refractivity contribution in [2.75, 3.05) is 0 Å². The van der Waals surface area contributed by atoms with Gasteiger partial charge < -0.3 is 15.3 Å². The van der Waals surface area contributed by atoms with Crippen molar-refractivity contribution in [3.8, 4) is 0 Å². The van der Waals surface area contributed by atoms with Gasteiger partial charge in [-0.3, -0.25) is 14.4 Å². The van der Waals surface area contributed by atoms with E-state index in [0.29, 0.717) is 12.8 Å². The zero-order chi connectivity index (χ0) is 25.9. The Morgan fingerprint density at radius 2 is 1.47 bits per heavy atom. The number of Topliss-reactive ketones (excluding diaryl/α,β-unsaturated/α-hetero) is 3. The summed E-state index contributed by atoms with van der Waals surface area (Å²) in [4.78, 5) is 41.1. The van der Waals surface area contributed by atoms with Gasteiger partial charge in [0.2, 0.25) is 0 Å². The molecular weight excluding hydrogens is 432 g/mol. The standard InChI is InChI=1S/C28H40O6/c1-16(2)8-12-27(13-9-17(3)4)22(30)21(18(5)29)23(31)28(24(27)32)14-20-19(26(7,34)15-28)10-11-25(20,6)33/h8-9,19-20,31,33-34H,10-15H2,1-7H3/t19-,20+,25-,26-,28+/m1/s1. The van der Waals surface area contributed by atoms with Gasteiger partial charge in [0.15, 0.2) is 17.3 Å². The third-order valence-corrected chi connectivity index (χ3v) is 8.56. The van der Waals surface area contributed by atoms with E-state index >= 15 is 0 Å². The molecule has 3 aliphatic carbocycles. The average molecular weight is 473 g/mol. The van der Waals surface area contributed by atoms with Crippen LogP contribution in [0.2, 0.25) is 0 Å². The molecule has 2 saturated carbocycles. The molecule has 6 heteroatoms. The fourth-order valence-corrected chi connectivity index (χ4v) is 6.71. The number of carbonyl (C=O) groups is 3. The largest absolute Gasteiger partial charge is 0.510 e. The maximum Gasteiger partial charge on any atom is 0.184 e. The van der Waals surface area contributed by atoms with E-state index in [2.05, 4.69) is 0 Å². The van der Waals surface area contributed by atoms with E-state index < -0.39 is 51.1 Å². The van der Waals surface area contributed by atoms with Gasteiger partial charge in [-0.15, -0.1) is 0 Å². The van der Waals surface area contributed by atoms with Crippen molar-refractivity contribution >= 4 is 17.3 Å². The molecule has 3 aliphatic rings. The molecule has 0 saturated heterocycles. The Labute approximate surface area is 202 Å². The number of hydrogen-bond acceptors (Lipinski definition) is 6. The first-order valence-electron chi connectivity index (χ1n) is 12.3. The molecule has 0 aromatic rings. The number of fused-ring (bicyclic) bond motifs is 1. The van der Waals surface area contributed by atoms with Gasteiger partial charge in [0.1, 0.15) is 11.2 Å². The minimum atomic E-state index is -1.61. The molecule has 0 aromatic carbocycles. The van der Waals surface area contributed by atoms with Crippen LogP contribution in [0.5, 0.6) is 0 Å². The molecular formula is C28H40O6. The number of carbonyl (C=O) groups excluding carboxylic acids is 3. The fraction of sp³-hybridized carbons (Fsp3) is 0.679. The second kappa shape index (κ2) is 8.56. The number of aliphatic hydroxyl groups excluding tert-OH is 1. The molecule has 3 N–H and O–H groups in total. The molecule has 0 heterocycles. The van der Waals surface area contributed by atoms with Crippen molar-refractivity contribution in [1.82, 2.24) is 0 Å². The molecule has 1 spiro atoms. The van der Waals surface area contributed by atoms with Crippen LogP contribution in [0.3, 0.4) is 0 Å².